The van der Waals surface area contributed by atoms with Gasteiger partial charge in [0.05, 0.1) is 33.0 Å². The smallest absolute Gasteiger partial charge is 0.242 e. The maximum absolute atomic E-state index is 13.4. The summed E-state index contributed by atoms with van der Waals surface area (Å²) in [4.78, 5) is 50.6. The Kier molecular flexibility index (Phi) is 23.6. The number of amides is 4. The standard InChI is InChI=1S/C39H68N4O23/c1-40-23(47)6-2-3-7-25(49)43-18(8-9-24(48)41-10-13-60-36-19(46)5-4-12-59-36)35(58)42-11-14-61-38-33(57)34(66-39-32(56)30(54)27(51)21(16-45)64-39)28(52)22(65-38)17-62-37-31(55)29(53)26(50)20(15-44)63-37/h18-22,26-34,36-39,44-46,50-57H,2-17H2,1H3,(H,40,47)(H,41,48)(H,42,58)(H,43,49)/t18?,19?,20?,21?,22?,26-,27-,28-,29?,30?,31?,32?,33?,34?,36?,37+,38+,39-/m1/s1. The minimum absolute atomic E-state index is 0.0289. The van der Waals surface area contributed by atoms with E-state index in [-0.39, 0.29) is 51.3 Å². The lowest BCUT2D eigenvalue weighted by atomic mass is 9.96. The fraction of sp³-hybridized carbons (Fsp3) is 0.897. The normalized spacial score (nSPS) is 36.5. The van der Waals surface area contributed by atoms with Crippen molar-refractivity contribution in [3.8, 4) is 0 Å². The Hall–Kier alpha value is -2.88. The fourth-order valence-electron chi connectivity index (χ4n) is 7.40. The minimum atomic E-state index is -1.96. The van der Waals surface area contributed by atoms with Crippen LogP contribution in [-0.2, 0) is 57.1 Å². The van der Waals surface area contributed by atoms with Crippen molar-refractivity contribution in [3.63, 3.8) is 0 Å². The van der Waals surface area contributed by atoms with Crippen molar-refractivity contribution in [2.75, 3.05) is 59.8 Å². The molecule has 12 unspecified atom stereocenters. The molecule has 0 aromatic carbocycles. The number of aliphatic hydroxyl groups is 11. The van der Waals surface area contributed by atoms with Crippen molar-refractivity contribution >= 4 is 23.6 Å². The molecule has 4 saturated heterocycles. The van der Waals surface area contributed by atoms with Gasteiger partial charge in [-0.2, -0.15) is 0 Å². The topological polar surface area (TPSA) is 413 Å². The van der Waals surface area contributed by atoms with Crippen molar-refractivity contribution in [2.45, 2.75) is 162 Å². The van der Waals surface area contributed by atoms with Gasteiger partial charge in [-0.05, 0) is 32.1 Å². The monoisotopic (exact) mass is 960 g/mol. The summed E-state index contributed by atoms with van der Waals surface area (Å²) in [5, 5.41) is 124. The summed E-state index contributed by atoms with van der Waals surface area (Å²) in [6.45, 7) is -2.48. The lowest BCUT2D eigenvalue weighted by molar-refractivity contribution is -0.366. The van der Waals surface area contributed by atoms with E-state index in [2.05, 4.69) is 21.3 Å². The van der Waals surface area contributed by atoms with E-state index in [9.17, 15) is 75.3 Å². The zero-order chi connectivity index (χ0) is 48.5. The molecule has 27 nitrogen and oxygen atoms in total. The summed E-state index contributed by atoms with van der Waals surface area (Å²) in [7, 11) is 1.49. The number of carbonyl (C=O) groups is 4. The summed E-state index contributed by atoms with van der Waals surface area (Å²) < 4.78 is 44.3. The van der Waals surface area contributed by atoms with Crippen molar-refractivity contribution < 1.29 is 113 Å². The van der Waals surface area contributed by atoms with Gasteiger partial charge < -0.3 is 115 Å². The predicted octanol–water partition coefficient (Wildman–Crippen LogP) is -8.23. The minimum Gasteiger partial charge on any atom is -0.394 e. The van der Waals surface area contributed by atoms with Gasteiger partial charge in [-0.1, -0.05) is 0 Å². The quantitative estimate of drug-likeness (QED) is 0.0378. The molecule has 0 radical (unpaired) electrons. The maximum Gasteiger partial charge on any atom is 0.242 e. The van der Waals surface area contributed by atoms with E-state index in [1.165, 1.54) is 7.05 Å². The van der Waals surface area contributed by atoms with E-state index in [4.69, 9.17) is 37.9 Å². The number of hydrogen-bond acceptors (Lipinski definition) is 23. The Morgan fingerprint density at radius 1 is 0.606 bits per heavy atom. The van der Waals surface area contributed by atoms with Crippen LogP contribution in [0.3, 0.4) is 0 Å². The van der Waals surface area contributed by atoms with Gasteiger partial charge in [-0.25, -0.2) is 0 Å². The number of aliphatic hydroxyl groups excluding tert-OH is 11. The largest absolute Gasteiger partial charge is 0.394 e. The molecule has 4 fully saturated rings. The molecule has 0 spiro atoms. The van der Waals surface area contributed by atoms with E-state index in [1.54, 1.807) is 0 Å². The van der Waals surface area contributed by atoms with Gasteiger partial charge in [-0.15, -0.1) is 0 Å². The molecule has 4 aliphatic heterocycles. The molecule has 4 aliphatic rings. The molecule has 66 heavy (non-hydrogen) atoms. The Labute approximate surface area is 379 Å². The first-order valence-corrected chi connectivity index (χ1v) is 22.0. The molecule has 4 rings (SSSR count). The molecular weight excluding hydrogens is 892 g/mol. The number of rotatable bonds is 25. The molecular formula is C39H68N4O23. The SMILES string of the molecule is CNC(=O)CCCCC(=O)NC(CCC(=O)NCCOC1OCCCC1O)C(=O)NCCO[C@H]1OC(CO[C@H]2OC(CO)[C@@H](O)C(O)C2O)[C@@H](O)C(O[C@H]2OC(CO)[C@@H](O)C(O)C2O)C1O. The Morgan fingerprint density at radius 3 is 1.79 bits per heavy atom. The van der Waals surface area contributed by atoms with Crippen molar-refractivity contribution in [3.05, 3.63) is 0 Å². The summed E-state index contributed by atoms with van der Waals surface area (Å²) in [6, 6.07) is -1.23. The van der Waals surface area contributed by atoms with Crippen LogP contribution < -0.4 is 21.3 Å². The second kappa shape index (κ2) is 27.9. The van der Waals surface area contributed by atoms with Crippen LogP contribution in [0.1, 0.15) is 51.4 Å². The van der Waals surface area contributed by atoms with Gasteiger partial charge in [0.2, 0.25) is 23.6 Å². The molecule has 15 N–H and O–H groups in total. The molecule has 382 valence electrons. The average molecular weight is 961 g/mol. The van der Waals surface area contributed by atoms with Crippen molar-refractivity contribution in [2.24, 2.45) is 0 Å². The Balaban J connectivity index is 1.38. The molecule has 4 heterocycles. The van der Waals surface area contributed by atoms with E-state index >= 15 is 0 Å². The third kappa shape index (κ3) is 16.1. The van der Waals surface area contributed by atoms with Crippen LogP contribution in [-0.4, -0.2) is 250 Å². The summed E-state index contributed by atoms with van der Waals surface area (Å²) >= 11 is 0. The molecule has 4 amide bonds. The highest BCUT2D eigenvalue weighted by molar-refractivity contribution is 5.88. The molecule has 0 saturated carbocycles. The van der Waals surface area contributed by atoms with Crippen LogP contribution in [0, 0.1) is 0 Å². The number of unbranched alkanes of at least 4 members (excludes halogenated alkanes) is 1. The molecule has 0 aliphatic carbocycles. The van der Waals surface area contributed by atoms with E-state index in [0.717, 1.165) is 0 Å². The molecule has 0 aromatic heterocycles. The molecule has 0 aromatic rings. The summed E-state index contributed by atoms with van der Waals surface area (Å²) in [5.74, 6) is -1.93. The average Bonchev–Trinajstić information content (AvgIpc) is 3.30. The van der Waals surface area contributed by atoms with E-state index < -0.39 is 155 Å². The first-order valence-electron chi connectivity index (χ1n) is 22.0. The number of carbonyl (C=O) groups excluding carboxylic acids is 4. The van der Waals surface area contributed by atoms with Gasteiger partial charge in [0.25, 0.3) is 0 Å². The highest BCUT2D eigenvalue weighted by atomic mass is 16.8. The highest BCUT2D eigenvalue weighted by Crippen LogP contribution is 2.31. The van der Waals surface area contributed by atoms with Gasteiger partial charge >= 0.3 is 0 Å². The molecule has 27 heteroatoms. The molecule has 0 bridgehead atoms. The van der Waals surface area contributed by atoms with Crippen LogP contribution in [0.2, 0.25) is 0 Å². The zero-order valence-corrected chi connectivity index (χ0v) is 36.5. The lowest BCUT2D eigenvalue weighted by Crippen LogP contribution is -2.65. The van der Waals surface area contributed by atoms with Crippen molar-refractivity contribution in [1.82, 2.24) is 21.3 Å². The Morgan fingerprint density at radius 2 is 1.17 bits per heavy atom. The first-order chi connectivity index (χ1) is 31.5. The highest BCUT2D eigenvalue weighted by Gasteiger charge is 2.52. The van der Waals surface area contributed by atoms with Crippen LogP contribution in [0.4, 0.5) is 0 Å². The van der Waals surface area contributed by atoms with Crippen LogP contribution >= 0.6 is 0 Å². The van der Waals surface area contributed by atoms with Gasteiger partial charge in [0, 0.05) is 46.0 Å². The first kappa shape index (κ1) is 55.7. The predicted molar refractivity (Wildman–Crippen MR) is 216 cm³/mol. The van der Waals surface area contributed by atoms with Gasteiger partial charge in [0.15, 0.2) is 25.2 Å². The number of nitrogens with one attached hydrogen (secondary N) is 4. The van der Waals surface area contributed by atoms with E-state index in [1.807, 2.05) is 0 Å². The van der Waals surface area contributed by atoms with Gasteiger partial charge in [0.1, 0.15) is 85.4 Å². The fourth-order valence-corrected chi connectivity index (χ4v) is 7.40. The summed E-state index contributed by atoms with van der Waals surface area (Å²) in [5.41, 5.74) is 0. The zero-order valence-electron chi connectivity index (χ0n) is 36.5. The summed E-state index contributed by atoms with van der Waals surface area (Å²) in [6.07, 6.45) is -26.1. The van der Waals surface area contributed by atoms with Gasteiger partial charge in [-0.3, -0.25) is 19.2 Å². The van der Waals surface area contributed by atoms with E-state index in [0.29, 0.717) is 32.3 Å². The van der Waals surface area contributed by atoms with Crippen LogP contribution in [0.15, 0.2) is 0 Å². The number of ether oxygens (including phenoxy) is 8. The lowest BCUT2D eigenvalue weighted by Gasteiger charge is -2.46. The second-order valence-electron chi connectivity index (χ2n) is 16.2. The third-order valence-electron chi connectivity index (χ3n) is 11.3. The van der Waals surface area contributed by atoms with Crippen LogP contribution in [0.5, 0.6) is 0 Å². The maximum atomic E-state index is 13.4. The third-order valence-corrected chi connectivity index (χ3v) is 11.3. The van der Waals surface area contributed by atoms with Crippen LogP contribution in [0.25, 0.3) is 0 Å². The second-order valence-corrected chi connectivity index (χ2v) is 16.2. The Bertz CT molecular complexity index is 1490. The van der Waals surface area contributed by atoms with Crippen molar-refractivity contribution in [1.29, 1.82) is 0 Å². The number of hydrogen-bond donors (Lipinski definition) is 15. The molecule has 18 atom stereocenters.